The van der Waals surface area contributed by atoms with Gasteiger partial charge in [0.1, 0.15) is 12.4 Å². The van der Waals surface area contributed by atoms with Crippen molar-refractivity contribution in [3.05, 3.63) is 23.8 Å². The summed E-state index contributed by atoms with van der Waals surface area (Å²) in [6.45, 7) is 3.39. The molecule has 0 aromatic heterocycles. The summed E-state index contributed by atoms with van der Waals surface area (Å²) in [5.74, 6) is 1.92. The number of anilines is 1. The number of amides is 1. The Labute approximate surface area is 174 Å². The van der Waals surface area contributed by atoms with Gasteiger partial charge in [0.05, 0.1) is 11.8 Å². The zero-order valence-electron chi connectivity index (χ0n) is 16.7. The molecule has 2 bridgehead atoms. The Bertz CT molecular complexity index is 664. The Balaban J connectivity index is 0.00000225. The minimum Gasteiger partial charge on any atom is -0.489 e. The van der Waals surface area contributed by atoms with Crippen LogP contribution in [0.15, 0.2) is 18.2 Å². The first-order valence-electron chi connectivity index (χ1n) is 10.5. The second-order valence-corrected chi connectivity index (χ2v) is 8.63. The van der Waals surface area contributed by atoms with Crippen molar-refractivity contribution in [3.8, 4) is 5.75 Å². The van der Waals surface area contributed by atoms with Crippen LogP contribution in [0.2, 0.25) is 0 Å². The molecule has 3 atom stereocenters. The summed E-state index contributed by atoms with van der Waals surface area (Å²) in [6.07, 6.45) is 7.73. The van der Waals surface area contributed by atoms with Crippen LogP contribution in [-0.2, 0) is 9.53 Å². The maximum atomic E-state index is 13.0. The van der Waals surface area contributed by atoms with Gasteiger partial charge in [-0.25, -0.2) is 0 Å². The number of carbonyl (C=O) groups excluding carboxylic acids is 1. The summed E-state index contributed by atoms with van der Waals surface area (Å²) in [4.78, 5) is 13.0. The van der Waals surface area contributed by atoms with E-state index in [0.29, 0.717) is 18.4 Å². The predicted octanol–water partition coefficient (Wildman–Crippen LogP) is 4.07. The van der Waals surface area contributed by atoms with E-state index < -0.39 is 0 Å². The summed E-state index contributed by atoms with van der Waals surface area (Å²) < 4.78 is 11.7. The smallest absolute Gasteiger partial charge is 0.227 e. The van der Waals surface area contributed by atoms with Gasteiger partial charge >= 0.3 is 0 Å². The first-order valence-corrected chi connectivity index (χ1v) is 10.5. The van der Waals surface area contributed by atoms with E-state index in [1.807, 2.05) is 25.1 Å². The Morgan fingerprint density at radius 1 is 1.21 bits per heavy atom. The summed E-state index contributed by atoms with van der Waals surface area (Å²) in [5.41, 5.74) is 8.26. The molecule has 1 aliphatic heterocycles. The van der Waals surface area contributed by atoms with Gasteiger partial charge in [0.2, 0.25) is 5.91 Å². The number of benzene rings is 1. The van der Waals surface area contributed by atoms with E-state index in [4.69, 9.17) is 15.2 Å². The molecule has 3 fully saturated rings. The van der Waals surface area contributed by atoms with Crippen molar-refractivity contribution < 1.29 is 14.3 Å². The molecular weight excluding hydrogens is 376 g/mol. The molecular formula is C22H33ClN2O3. The average Bonchev–Trinajstić information content (AvgIpc) is 3.15. The van der Waals surface area contributed by atoms with Gasteiger partial charge in [0.15, 0.2) is 0 Å². The zero-order chi connectivity index (χ0) is 18.8. The second kappa shape index (κ2) is 9.47. The Morgan fingerprint density at radius 3 is 2.64 bits per heavy atom. The highest BCUT2D eigenvalue weighted by Crippen LogP contribution is 2.42. The number of hydrogen-bond acceptors (Lipinski definition) is 4. The van der Waals surface area contributed by atoms with E-state index in [1.165, 1.54) is 19.3 Å². The van der Waals surface area contributed by atoms with Crippen molar-refractivity contribution in [1.29, 1.82) is 0 Å². The lowest BCUT2D eigenvalue weighted by Gasteiger charge is -2.43. The normalized spacial score (nSPS) is 31.7. The molecule has 3 N–H and O–H groups in total. The van der Waals surface area contributed by atoms with Crippen LogP contribution in [0, 0.1) is 24.7 Å². The molecule has 3 aliphatic rings. The van der Waals surface area contributed by atoms with Gasteiger partial charge in [-0.05, 0) is 75.0 Å². The average molecular weight is 409 g/mol. The van der Waals surface area contributed by atoms with Gasteiger partial charge < -0.3 is 20.5 Å². The van der Waals surface area contributed by atoms with E-state index >= 15 is 0 Å². The van der Waals surface area contributed by atoms with Crippen LogP contribution in [0.3, 0.4) is 0 Å². The third-order valence-electron chi connectivity index (χ3n) is 6.63. The molecule has 1 aromatic carbocycles. The first kappa shape index (κ1) is 21.4. The molecule has 2 saturated carbocycles. The molecule has 156 valence electrons. The largest absolute Gasteiger partial charge is 0.489 e. The summed E-state index contributed by atoms with van der Waals surface area (Å²) in [5, 5.41) is 3.14. The van der Waals surface area contributed by atoms with Crippen LogP contribution in [0.5, 0.6) is 5.75 Å². The highest BCUT2D eigenvalue weighted by Gasteiger charge is 2.40. The standard InChI is InChI=1S/C22H32N2O3.ClH/c1-14-7-8-19(20(10-14)27-13-18-6-3-9-26-18)24-22(25)17-11-15-4-2-5-16(12-17)21(15)23;/h7-8,10,15-18,21H,2-6,9,11-13,23H2,1H3,(H,24,25);1H. The van der Waals surface area contributed by atoms with Crippen molar-refractivity contribution in [3.63, 3.8) is 0 Å². The SMILES string of the molecule is Cc1ccc(NC(=O)C2CC3CCCC(C2)C3N)c(OCC2CCCO2)c1.Cl. The fourth-order valence-electron chi connectivity index (χ4n) is 5.05. The number of ether oxygens (including phenoxy) is 2. The maximum Gasteiger partial charge on any atom is 0.227 e. The maximum absolute atomic E-state index is 13.0. The summed E-state index contributed by atoms with van der Waals surface area (Å²) in [6, 6.07) is 6.25. The number of aryl methyl sites for hydroxylation is 1. The molecule has 1 saturated heterocycles. The minimum atomic E-state index is 0. The molecule has 0 radical (unpaired) electrons. The number of nitrogens with two attached hydrogens (primary N) is 1. The Kier molecular flexibility index (Phi) is 7.24. The highest BCUT2D eigenvalue weighted by molar-refractivity contribution is 5.94. The third kappa shape index (κ3) is 4.81. The molecule has 5 nitrogen and oxygen atoms in total. The van der Waals surface area contributed by atoms with Crippen molar-refractivity contribution >= 4 is 24.0 Å². The van der Waals surface area contributed by atoms with Gasteiger partial charge in [-0.15, -0.1) is 12.4 Å². The van der Waals surface area contributed by atoms with Gasteiger partial charge in [-0.3, -0.25) is 4.79 Å². The molecule has 1 aromatic rings. The first-order chi connectivity index (χ1) is 13.1. The molecule has 2 aliphatic carbocycles. The predicted molar refractivity (Wildman–Crippen MR) is 113 cm³/mol. The van der Waals surface area contributed by atoms with Gasteiger partial charge in [0.25, 0.3) is 0 Å². The summed E-state index contributed by atoms with van der Waals surface area (Å²) >= 11 is 0. The molecule has 6 heteroatoms. The van der Waals surface area contributed by atoms with Crippen LogP contribution in [0.4, 0.5) is 5.69 Å². The molecule has 1 amide bonds. The number of halogens is 1. The topological polar surface area (TPSA) is 73.6 Å². The van der Waals surface area contributed by atoms with E-state index in [-0.39, 0.29) is 36.4 Å². The fourth-order valence-corrected chi connectivity index (χ4v) is 5.05. The van der Waals surface area contributed by atoms with Gasteiger partial charge in [-0.1, -0.05) is 12.5 Å². The quantitative estimate of drug-likeness (QED) is 0.770. The van der Waals surface area contributed by atoms with Crippen molar-refractivity contribution in [2.75, 3.05) is 18.5 Å². The van der Waals surface area contributed by atoms with Crippen LogP contribution >= 0.6 is 12.4 Å². The number of rotatable bonds is 5. The third-order valence-corrected chi connectivity index (χ3v) is 6.63. The van der Waals surface area contributed by atoms with Crippen LogP contribution in [-0.4, -0.2) is 31.3 Å². The van der Waals surface area contributed by atoms with Crippen LogP contribution < -0.4 is 15.8 Å². The van der Waals surface area contributed by atoms with E-state index in [0.717, 1.165) is 49.3 Å². The monoisotopic (exact) mass is 408 g/mol. The Hall–Kier alpha value is -1.30. The van der Waals surface area contributed by atoms with E-state index in [2.05, 4.69) is 5.32 Å². The number of nitrogens with one attached hydrogen (secondary N) is 1. The number of hydrogen-bond donors (Lipinski definition) is 2. The Morgan fingerprint density at radius 2 is 1.96 bits per heavy atom. The lowest BCUT2D eigenvalue weighted by Crippen LogP contribution is -2.48. The molecule has 3 unspecified atom stereocenters. The molecule has 0 spiro atoms. The van der Waals surface area contributed by atoms with Crippen molar-refractivity contribution in [1.82, 2.24) is 0 Å². The zero-order valence-corrected chi connectivity index (χ0v) is 17.5. The molecule has 28 heavy (non-hydrogen) atoms. The van der Waals surface area contributed by atoms with E-state index in [1.54, 1.807) is 0 Å². The number of carbonyl (C=O) groups is 1. The van der Waals surface area contributed by atoms with E-state index in [9.17, 15) is 4.79 Å². The summed E-state index contributed by atoms with van der Waals surface area (Å²) in [7, 11) is 0. The van der Waals surface area contributed by atoms with Crippen LogP contribution in [0.25, 0.3) is 0 Å². The minimum absolute atomic E-state index is 0. The number of fused-ring (bicyclic) bond motifs is 2. The highest BCUT2D eigenvalue weighted by atomic mass is 35.5. The fraction of sp³-hybridized carbons (Fsp3) is 0.682. The van der Waals surface area contributed by atoms with Crippen molar-refractivity contribution in [2.24, 2.45) is 23.5 Å². The van der Waals surface area contributed by atoms with Gasteiger partial charge in [0, 0.05) is 18.6 Å². The molecule has 4 rings (SSSR count). The molecule has 1 heterocycles. The van der Waals surface area contributed by atoms with Crippen molar-refractivity contribution in [2.45, 2.75) is 64.0 Å². The van der Waals surface area contributed by atoms with Crippen LogP contribution in [0.1, 0.15) is 50.5 Å². The van der Waals surface area contributed by atoms with Gasteiger partial charge in [-0.2, -0.15) is 0 Å². The lowest BCUT2D eigenvalue weighted by atomic mass is 9.65. The second-order valence-electron chi connectivity index (χ2n) is 8.63. The lowest BCUT2D eigenvalue weighted by molar-refractivity contribution is -0.122.